The van der Waals surface area contributed by atoms with Crippen molar-refractivity contribution in [1.82, 2.24) is 4.98 Å². The van der Waals surface area contributed by atoms with Gasteiger partial charge in [0.2, 0.25) is 5.91 Å². The molecule has 3 nitrogen and oxygen atoms in total. The fourth-order valence-electron chi connectivity index (χ4n) is 1.06. The molecule has 0 aliphatic rings. The summed E-state index contributed by atoms with van der Waals surface area (Å²) in [5.74, 6) is 0.583. The summed E-state index contributed by atoms with van der Waals surface area (Å²) >= 11 is 0. The third-order valence-electron chi connectivity index (χ3n) is 2.61. The third kappa shape index (κ3) is 3.35. The lowest BCUT2D eigenvalue weighted by atomic mass is 9.81. The van der Waals surface area contributed by atoms with E-state index < -0.39 is 0 Å². The Bertz CT molecular complexity index is 327. The molecule has 1 atom stereocenters. The Hall–Kier alpha value is -1.38. The van der Waals surface area contributed by atoms with E-state index in [1.807, 2.05) is 19.1 Å². The zero-order chi connectivity index (χ0) is 11.5. The Morgan fingerprint density at radius 3 is 2.53 bits per heavy atom. The summed E-state index contributed by atoms with van der Waals surface area (Å²) in [6.45, 7) is 8.08. The molecule has 0 bridgehead atoms. The molecule has 1 rings (SSSR count). The van der Waals surface area contributed by atoms with Gasteiger partial charge in [0.15, 0.2) is 0 Å². The molecule has 0 aromatic carbocycles. The minimum Gasteiger partial charge on any atom is -0.310 e. The van der Waals surface area contributed by atoms with Crippen LogP contribution >= 0.6 is 0 Å². The van der Waals surface area contributed by atoms with E-state index in [1.165, 1.54) is 0 Å². The molecular formula is C12H18N2O. The molecule has 0 aliphatic carbocycles. The van der Waals surface area contributed by atoms with E-state index in [4.69, 9.17) is 0 Å². The normalized spacial score (nSPS) is 13.3. The molecule has 0 saturated heterocycles. The van der Waals surface area contributed by atoms with Crippen molar-refractivity contribution in [2.45, 2.75) is 27.7 Å². The maximum Gasteiger partial charge on any atom is 0.228 e. The van der Waals surface area contributed by atoms with Crippen LogP contribution in [0.15, 0.2) is 24.4 Å². The second-order valence-corrected chi connectivity index (χ2v) is 4.79. The number of hydrogen-bond donors (Lipinski definition) is 1. The number of nitrogens with one attached hydrogen (secondary N) is 1. The van der Waals surface area contributed by atoms with Crippen LogP contribution in [-0.4, -0.2) is 10.9 Å². The number of rotatable bonds is 2. The van der Waals surface area contributed by atoms with Crippen LogP contribution in [0, 0.1) is 11.3 Å². The van der Waals surface area contributed by atoms with Gasteiger partial charge in [0.25, 0.3) is 0 Å². The van der Waals surface area contributed by atoms with Crippen molar-refractivity contribution in [3.63, 3.8) is 0 Å². The van der Waals surface area contributed by atoms with Gasteiger partial charge < -0.3 is 5.32 Å². The predicted octanol–water partition coefficient (Wildman–Crippen LogP) is 2.70. The SMILES string of the molecule is CC(C(=O)Nc1ccccn1)C(C)(C)C. The van der Waals surface area contributed by atoms with Crippen molar-refractivity contribution in [1.29, 1.82) is 0 Å². The standard InChI is InChI=1S/C12H18N2O/c1-9(12(2,3)4)11(15)14-10-7-5-6-8-13-10/h5-9H,1-4H3,(H,13,14,15). The second-order valence-electron chi connectivity index (χ2n) is 4.79. The van der Waals surface area contributed by atoms with Gasteiger partial charge in [-0.15, -0.1) is 0 Å². The summed E-state index contributed by atoms with van der Waals surface area (Å²) in [6.07, 6.45) is 1.66. The zero-order valence-electron chi connectivity index (χ0n) is 9.74. The minimum absolute atomic E-state index is 0.0150. The first kappa shape index (κ1) is 11.7. The molecule has 1 aromatic rings. The zero-order valence-corrected chi connectivity index (χ0v) is 9.74. The molecule has 1 amide bonds. The quantitative estimate of drug-likeness (QED) is 0.808. The first-order valence-electron chi connectivity index (χ1n) is 5.13. The molecule has 1 aromatic heterocycles. The molecular weight excluding hydrogens is 188 g/mol. The van der Waals surface area contributed by atoms with Crippen LogP contribution in [0.2, 0.25) is 0 Å². The van der Waals surface area contributed by atoms with Crippen LogP contribution in [0.25, 0.3) is 0 Å². The van der Waals surface area contributed by atoms with Crippen molar-refractivity contribution >= 4 is 11.7 Å². The summed E-state index contributed by atoms with van der Waals surface area (Å²) in [5.41, 5.74) is -0.0289. The molecule has 0 saturated carbocycles. The molecule has 0 aliphatic heterocycles. The van der Waals surface area contributed by atoms with Gasteiger partial charge in [-0.25, -0.2) is 4.98 Å². The van der Waals surface area contributed by atoms with E-state index in [0.717, 1.165) is 0 Å². The molecule has 1 N–H and O–H groups in total. The molecule has 0 radical (unpaired) electrons. The number of carbonyl (C=O) groups is 1. The fraction of sp³-hybridized carbons (Fsp3) is 0.500. The average Bonchev–Trinajstić information content (AvgIpc) is 2.16. The lowest BCUT2D eigenvalue weighted by Gasteiger charge is -2.25. The van der Waals surface area contributed by atoms with Crippen molar-refractivity contribution in [2.24, 2.45) is 11.3 Å². The van der Waals surface area contributed by atoms with Gasteiger partial charge in [0.1, 0.15) is 5.82 Å². The maximum absolute atomic E-state index is 11.8. The van der Waals surface area contributed by atoms with Gasteiger partial charge in [0.05, 0.1) is 0 Å². The van der Waals surface area contributed by atoms with Gasteiger partial charge in [-0.1, -0.05) is 33.8 Å². The fourth-order valence-corrected chi connectivity index (χ4v) is 1.06. The van der Waals surface area contributed by atoms with Crippen molar-refractivity contribution in [3.8, 4) is 0 Å². The lowest BCUT2D eigenvalue weighted by Crippen LogP contribution is -2.31. The predicted molar refractivity (Wildman–Crippen MR) is 61.5 cm³/mol. The van der Waals surface area contributed by atoms with Gasteiger partial charge in [0, 0.05) is 12.1 Å². The van der Waals surface area contributed by atoms with E-state index in [1.54, 1.807) is 12.3 Å². The van der Waals surface area contributed by atoms with Crippen LogP contribution in [-0.2, 0) is 4.79 Å². The van der Waals surface area contributed by atoms with Crippen LogP contribution in [0.1, 0.15) is 27.7 Å². The highest BCUT2D eigenvalue weighted by Crippen LogP contribution is 2.26. The Labute approximate surface area is 90.9 Å². The average molecular weight is 206 g/mol. The Morgan fingerprint density at radius 1 is 1.40 bits per heavy atom. The summed E-state index contributed by atoms with van der Waals surface area (Å²) in [5, 5.41) is 2.80. The number of hydrogen-bond acceptors (Lipinski definition) is 2. The van der Waals surface area contributed by atoms with E-state index in [0.29, 0.717) is 5.82 Å². The summed E-state index contributed by atoms with van der Waals surface area (Å²) in [6, 6.07) is 5.46. The minimum atomic E-state index is -0.0421. The number of pyridine rings is 1. The van der Waals surface area contributed by atoms with Crippen molar-refractivity contribution < 1.29 is 4.79 Å². The van der Waals surface area contributed by atoms with E-state index in [2.05, 4.69) is 31.1 Å². The Morgan fingerprint density at radius 2 is 2.07 bits per heavy atom. The van der Waals surface area contributed by atoms with Crippen LogP contribution < -0.4 is 5.32 Å². The first-order valence-corrected chi connectivity index (χ1v) is 5.13. The van der Waals surface area contributed by atoms with E-state index >= 15 is 0 Å². The monoisotopic (exact) mass is 206 g/mol. The van der Waals surface area contributed by atoms with Crippen LogP contribution in [0.3, 0.4) is 0 Å². The molecule has 0 fully saturated rings. The number of carbonyl (C=O) groups excluding carboxylic acids is 1. The van der Waals surface area contributed by atoms with E-state index in [9.17, 15) is 4.79 Å². The molecule has 0 spiro atoms. The summed E-state index contributed by atoms with van der Waals surface area (Å²) < 4.78 is 0. The number of anilines is 1. The third-order valence-corrected chi connectivity index (χ3v) is 2.61. The topological polar surface area (TPSA) is 42.0 Å². The number of aromatic nitrogens is 1. The molecule has 1 unspecified atom stereocenters. The highest BCUT2D eigenvalue weighted by molar-refractivity contribution is 5.91. The summed E-state index contributed by atoms with van der Waals surface area (Å²) in [7, 11) is 0. The first-order chi connectivity index (χ1) is 6.91. The van der Waals surface area contributed by atoms with E-state index in [-0.39, 0.29) is 17.2 Å². The van der Waals surface area contributed by atoms with Crippen LogP contribution in [0.4, 0.5) is 5.82 Å². The van der Waals surface area contributed by atoms with Gasteiger partial charge in [-0.05, 0) is 17.5 Å². The van der Waals surface area contributed by atoms with Gasteiger partial charge in [-0.3, -0.25) is 4.79 Å². The van der Waals surface area contributed by atoms with Crippen molar-refractivity contribution in [3.05, 3.63) is 24.4 Å². The maximum atomic E-state index is 11.8. The number of amides is 1. The summed E-state index contributed by atoms with van der Waals surface area (Å²) in [4.78, 5) is 15.9. The smallest absolute Gasteiger partial charge is 0.228 e. The molecule has 1 heterocycles. The molecule has 82 valence electrons. The second kappa shape index (κ2) is 4.43. The highest BCUT2D eigenvalue weighted by Gasteiger charge is 2.26. The molecule has 3 heteroatoms. The lowest BCUT2D eigenvalue weighted by molar-refractivity contribution is -0.122. The Kier molecular flexibility index (Phi) is 3.45. The Balaban J connectivity index is 2.65. The van der Waals surface area contributed by atoms with Crippen molar-refractivity contribution in [2.75, 3.05) is 5.32 Å². The largest absolute Gasteiger partial charge is 0.310 e. The highest BCUT2D eigenvalue weighted by atomic mass is 16.1. The van der Waals surface area contributed by atoms with Crippen LogP contribution in [0.5, 0.6) is 0 Å². The number of nitrogens with zero attached hydrogens (tertiary/aromatic N) is 1. The van der Waals surface area contributed by atoms with Gasteiger partial charge >= 0.3 is 0 Å². The molecule has 15 heavy (non-hydrogen) atoms. The van der Waals surface area contributed by atoms with Gasteiger partial charge in [-0.2, -0.15) is 0 Å².